The van der Waals surface area contributed by atoms with Crippen molar-refractivity contribution in [1.82, 2.24) is 14.8 Å². The van der Waals surface area contributed by atoms with Crippen molar-refractivity contribution < 1.29 is 32.2 Å². The van der Waals surface area contributed by atoms with Gasteiger partial charge in [0.15, 0.2) is 17.3 Å². The quantitative estimate of drug-likeness (QED) is 0.542. The molecule has 3 aromatic rings. The van der Waals surface area contributed by atoms with Crippen molar-refractivity contribution in [2.24, 2.45) is 0 Å². The van der Waals surface area contributed by atoms with Crippen molar-refractivity contribution in [3.63, 3.8) is 0 Å². The number of ketones is 1. The third-order valence-electron chi connectivity index (χ3n) is 6.58. The van der Waals surface area contributed by atoms with E-state index in [0.717, 1.165) is 11.6 Å². The van der Waals surface area contributed by atoms with E-state index >= 15 is 0 Å². The number of Topliss-reactive ketones (excluding diaryl/α,β-unsaturated/α-hetero) is 1. The first-order valence-electron chi connectivity index (χ1n) is 11.2. The molecule has 2 atom stereocenters. The Morgan fingerprint density at radius 2 is 1.72 bits per heavy atom. The fourth-order valence-corrected chi connectivity index (χ4v) is 5.01. The monoisotopic (exact) mass is 500 g/mol. The van der Waals surface area contributed by atoms with Crippen molar-refractivity contribution in [3.05, 3.63) is 70.7 Å². The topological polar surface area (TPSA) is 87.5 Å². The van der Waals surface area contributed by atoms with Gasteiger partial charge in [0, 0.05) is 17.7 Å². The van der Waals surface area contributed by atoms with Crippen LogP contribution < -0.4 is 19.5 Å². The number of carbonyl (C=O) groups excluding carboxylic acids is 1. The first kappa shape index (κ1) is 23.7. The zero-order valence-electron chi connectivity index (χ0n) is 19.7. The minimum Gasteiger partial charge on any atom is -0.493 e. The molecule has 0 radical (unpaired) electrons. The highest BCUT2D eigenvalue weighted by Crippen LogP contribution is 2.48. The number of nitrogens with zero attached hydrogens (tertiary/aromatic N) is 3. The lowest BCUT2D eigenvalue weighted by Crippen LogP contribution is -2.34. The Balaban J connectivity index is 1.61. The molecule has 0 saturated carbocycles. The number of fused-ring (bicyclic) bond motifs is 1. The lowest BCUT2D eigenvalue weighted by atomic mass is 9.77. The van der Waals surface area contributed by atoms with Crippen LogP contribution in [0.25, 0.3) is 0 Å². The summed E-state index contributed by atoms with van der Waals surface area (Å²) in [4.78, 5) is 17.8. The van der Waals surface area contributed by atoms with Crippen molar-refractivity contribution in [2.45, 2.75) is 31.0 Å². The predicted molar refractivity (Wildman–Crippen MR) is 123 cm³/mol. The molecule has 1 N–H and O–H groups in total. The molecule has 1 aliphatic carbocycles. The Morgan fingerprint density at radius 1 is 1.03 bits per heavy atom. The van der Waals surface area contributed by atoms with Gasteiger partial charge in [-0.3, -0.25) is 4.79 Å². The fraction of sp³-hybridized carbons (Fsp3) is 0.320. The van der Waals surface area contributed by atoms with Crippen molar-refractivity contribution in [2.75, 3.05) is 26.6 Å². The normalized spacial score (nSPS) is 19.3. The van der Waals surface area contributed by atoms with Gasteiger partial charge in [0.1, 0.15) is 12.4 Å². The summed E-state index contributed by atoms with van der Waals surface area (Å²) in [6.07, 6.45) is -2.88. The summed E-state index contributed by atoms with van der Waals surface area (Å²) in [7, 11) is 4.51. The van der Waals surface area contributed by atoms with Gasteiger partial charge in [0.25, 0.3) is 0 Å². The third-order valence-corrected chi connectivity index (χ3v) is 6.58. The zero-order chi connectivity index (χ0) is 25.6. The standard InChI is InChI=1S/C25H23F3N4O4/c1-34-19-10-14(11-20(35-2)23(19)36-3)13-8-17-21(18(33)9-13)22(32-24(31-17)29-12-30-32)15-6-4-5-7-16(15)25(26,27)28/h4-7,10-13,22H,8-9H2,1-3H3,(H,29,30,31)/t13-,22+/m0/s1. The van der Waals surface area contributed by atoms with Crippen LogP contribution in [0.4, 0.5) is 19.1 Å². The lowest BCUT2D eigenvalue weighted by Gasteiger charge is -2.36. The van der Waals surface area contributed by atoms with E-state index in [1.807, 2.05) is 0 Å². The molecule has 188 valence electrons. The molecule has 0 amide bonds. The first-order chi connectivity index (χ1) is 17.3. The number of hydrogen-bond acceptors (Lipinski definition) is 7. The van der Waals surface area contributed by atoms with E-state index in [-0.39, 0.29) is 35.2 Å². The molecule has 2 aromatic carbocycles. The van der Waals surface area contributed by atoms with E-state index in [0.29, 0.717) is 29.4 Å². The molecule has 0 bridgehead atoms. The highest BCUT2D eigenvalue weighted by Gasteiger charge is 2.43. The van der Waals surface area contributed by atoms with E-state index in [2.05, 4.69) is 15.4 Å². The molecule has 11 heteroatoms. The second-order valence-electron chi connectivity index (χ2n) is 8.52. The molecule has 1 aromatic heterocycles. The van der Waals surface area contributed by atoms with Gasteiger partial charge >= 0.3 is 6.18 Å². The number of methoxy groups -OCH3 is 3. The molecule has 2 aliphatic rings. The van der Waals surface area contributed by atoms with E-state index in [1.165, 1.54) is 50.5 Å². The largest absolute Gasteiger partial charge is 0.493 e. The predicted octanol–water partition coefficient (Wildman–Crippen LogP) is 4.74. The maximum absolute atomic E-state index is 13.9. The Kier molecular flexibility index (Phi) is 5.85. The number of anilines is 1. The van der Waals surface area contributed by atoms with Crippen molar-refractivity contribution in [3.8, 4) is 17.2 Å². The summed E-state index contributed by atoms with van der Waals surface area (Å²) in [5.74, 6) is 1.06. The Labute approximate surface area is 204 Å². The molecule has 8 nitrogen and oxygen atoms in total. The molecular formula is C25H23F3N4O4. The number of rotatable bonds is 5. The fourth-order valence-electron chi connectivity index (χ4n) is 5.01. The summed E-state index contributed by atoms with van der Waals surface area (Å²) in [5, 5.41) is 7.27. The minimum absolute atomic E-state index is 0.0506. The smallest absolute Gasteiger partial charge is 0.416 e. The van der Waals surface area contributed by atoms with Gasteiger partial charge in [-0.1, -0.05) is 18.2 Å². The van der Waals surface area contributed by atoms with Gasteiger partial charge in [-0.05, 0) is 41.7 Å². The van der Waals surface area contributed by atoms with Crippen LogP contribution in [-0.2, 0) is 11.0 Å². The zero-order valence-corrected chi connectivity index (χ0v) is 19.7. The molecule has 36 heavy (non-hydrogen) atoms. The van der Waals surface area contributed by atoms with Crippen LogP contribution in [0.15, 0.2) is 54.0 Å². The second kappa shape index (κ2) is 8.89. The Hall–Kier alpha value is -4.02. The highest BCUT2D eigenvalue weighted by molar-refractivity contribution is 6.00. The SMILES string of the molecule is COc1cc([C@@H]2CC(=O)C3=C(C2)Nc2ncnn2[C@@H]3c2ccccc2C(F)(F)F)cc(OC)c1OC. The third kappa shape index (κ3) is 3.84. The number of nitrogens with one attached hydrogen (secondary N) is 1. The van der Waals surface area contributed by atoms with Crippen LogP contribution in [0.3, 0.4) is 0 Å². The summed E-state index contributed by atoms with van der Waals surface area (Å²) in [6, 6.07) is 7.77. The van der Waals surface area contributed by atoms with Gasteiger partial charge in [-0.25, -0.2) is 4.68 Å². The van der Waals surface area contributed by atoms with Gasteiger partial charge in [-0.2, -0.15) is 23.3 Å². The van der Waals surface area contributed by atoms with Crippen LogP contribution in [0.5, 0.6) is 17.2 Å². The van der Waals surface area contributed by atoms with Crippen LogP contribution in [0.2, 0.25) is 0 Å². The molecular weight excluding hydrogens is 477 g/mol. The molecule has 0 saturated heterocycles. The minimum atomic E-state index is -4.60. The number of alkyl halides is 3. The van der Waals surface area contributed by atoms with E-state index in [4.69, 9.17) is 14.2 Å². The number of allylic oxidation sites excluding steroid dienone is 2. The summed E-state index contributed by atoms with van der Waals surface area (Å²) in [5.41, 5.74) is 0.696. The van der Waals surface area contributed by atoms with Crippen LogP contribution >= 0.6 is 0 Å². The maximum Gasteiger partial charge on any atom is 0.416 e. The van der Waals surface area contributed by atoms with Crippen LogP contribution in [0, 0.1) is 0 Å². The van der Waals surface area contributed by atoms with E-state index < -0.39 is 17.8 Å². The van der Waals surface area contributed by atoms with Crippen LogP contribution in [0.1, 0.15) is 41.5 Å². The number of benzene rings is 2. The number of carbonyl (C=O) groups is 1. The summed E-state index contributed by atoms with van der Waals surface area (Å²) < 4.78 is 59.4. The molecule has 1 aliphatic heterocycles. The van der Waals surface area contributed by atoms with Gasteiger partial charge in [0.05, 0.1) is 26.9 Å². The summed E-state index contributed by atoms with van der Waals surface area (Å²) >= 11 is 0. The molecule has 0 spiro atoms. The van der Waals surface area contributed by atoms with Gasteiger partial charge in [0.2, 0.25) is 11.7 Å². The number of ether oxygens (including phenoxy) is 3. The average Bonchev–Trinajstić information content (AvgIpc) is 3.34. The highest BCUT2D eigenvalue weighted by atomic mass is 19.4. The van der Waals surface area contributed by atoms with Gasteiger partial charge < -0.3 is 19.5 Å². The van der Waals surface area contributed by atoms with Crippen molar-refractivity contribution in [1.29, 1.82) is 0 Å². The second-order valence-corrected chi connectivity index (χ2v) is 8.52. The van der Waals surface area contributed by atoms with E-state index in [9.17, 15) is 18.0 Å². The molecule has 0 unspecified atom stereocenters. The molecule has 5 rings (SSSR count). The lowest BCUT2D eigenvalue weighted by molar-refractivity contribution is -0.138. The molecule has 2 heterocycles. The van der Waals surface area contributed by atoms with E-state index in [1.54, 1.807) is 12.1 Å². The van der Waals surface area contributed by atoms with Gasteiger partial charge in [-0.15, -0.1) is 0 Å². The Bertz CT molecular complexity index is 1340. The summed E-state index contributed by atoms with van der Waals surface area (Å²) in [6.45, 7) is 0. The number of halogens is 3. The number of aromatic nitrogens is 3. The van der Waals surface area contributed by atoms with Crippen LogP contribution in [-0.4, -0.2) is 41.9 Å². The molecule has 0 fully saturated rings. The average molecular weight is 500 g/mol. The Morgan fingerprint density at radius 3 is 2.36 bits per heavy atom. The number of hydrogen-bond donors (Lipinski definition) is 1. The first-order valence-corrected chi connectivity index (χ1v) is 11.2. The maximum atomic E-state index is 13.9. The van der Waals surface area contributed by atoms with Crippen molar-refractivity contribution >= 4 is 11.7 Å².